The SMILES string of the molecule is O=C(COc1ccc(Cl)cc1)N1CCCCC1CCN1CCCCC1. The molecule has 2 heterocycles. The summed E-state index contributed by atoms with van der Waals surface area (Å²) in [5.74, 6) is 0.804. The Kier molecular flexibility index (Phi) is 7.00. The second kappa shape index (κ2) is 9.44. The molecule has 2 aliphatic rings. The van der Waals surface area contributed by atoms with E-state index in [1.165, 1.54) is 38.8 Å². The van der Waals surface area contributed by atoms with E-state index in [4.69, 9.17) is 16.3 Å². The van der Waals surface area contributed by atoms with Crippen molar-refractivity contribution >= 4 is 17.5 Å². The number of rotatable bonds is 6. The number of halogens is 1. The van der Waals surface area contributed by atoms with E-state index >= 15 is 0 Å². The summed E-state index contributed by atoms with van der Waals surface area (Å²) in [6.45, 7) is 4.54. The smallest absolute Gasteiger partial charge is 0.260 e. The van der Waals surface area contributed by atoms with Gasteiger partial charge >= 0.3 is 0 Å². The van der Waals surface area contributed by atoms with Crippen LogP contribution in [0.2, 0.25) is 5.02 Å². The van der Waals surface area contributed by atoms with Gasteiger partial charge in [-0.3, -0.25) is 4.79 Å². The average molecular weight is 365 g/mol. The van der Waals surface area contributed by atoms with Gasteiger partial charge in [0.2, 0.25) is 0 Å². The summed E-state index contributed by atoms with van der Waals surface area (Å²) < 4.78 is 5.66. The van der Waals surface area contributed by atoms with Crippen molar-refractivity contribution in [2.75, 3.05) is 32.8 Å². The number of likely N-dealkylation sites (tertiary alicyclic amines) is 2. The first-order chi connectivity index (χ1) is 12.2. The zero-order valence-corrected chi connectivity index (χ0v) is 15.7. The third kappa shape index (κ3) is 5.61. The number of nitrogens with zero attached hydrogens (tertiary/aromatic N) is 2. The molecule has 0 aromatic heterocycles. The molecule has 0 bridgehead atoms. The Hall–Kier alpha value is -1.26. The maximum Gasteiger partial charge on any atom is 0.260 e. The van der Waals surface area contributed by atoms with Crippen molar-refractivity contribution in [3.63, 3.8) is 0 Å². The molecule has 0 spiro atoms. The van der Waals surface area contributed by atoms with Gasteiger partial charge in [0.1, 0.15) is 5.75 Å². The van der Waals surface area contributed by atoms with Gasteiger partial charge in [-0.25, -0.2) is 0 Å². The van der Waals surface area contributed by atoms with E-state index in [2.05, 4.69) is 9.80 Å². The normalized spacial score (nSPS) is 22.0. The van der Waals surface area contributed by atoms with E-state index in [0.717, 1.165) is 32.4 Å². The fraction of sp³-hybridized carbons (Fsp3) is 0.650. The van der Waals surface area contributed by atoms with Crippen LogP contribution in [0.25, 0.3) is 0 Å². The van der Waals surface area contributed by atoms with E-state index in [1.54, 1.807) is 24.3 Å². The zero-order chi connectivity index (χ0) is 17.5. The third-order valence-corrected chi connectivity index (χ3v) is 5.60. The topological polar surface area (TPSA) is 32.8 Å². The van der Waals surface area contributed by atoms with Crippen molar-refractivity contribution in [2.45, 2.75) is 51.0 Å². The van der Waals surface area contributed by atoms with Crippen LogP contribution in [0.4, 0.5) is 0 Å². The van der Waals surface area contributed by atoms with Crippen LogP contribution in [0.1, 0.15) is 44.9 Å². The summed E-state index contributed by atoms with van der Waals surface area (Å²) in [5, 5.41) is 0.674. The predicted octanol–water partition coefficient (Wildman–Crippen LogP) is 3.98. The fourth-order valence-electron chi connectivity index (χ4n) is 3.90. The minimum atomic E-state index is 0.110. The van der Waals surface area contributed by atoms with Crippen LogP contribution >= 0.6 is 11.6 Å². The number of carbonyl (C=O) groups excluding carboxylic acids is 1. The first-order valence-electron chi connectivity index (χ1n) is 9.62. The summed E-state index contributed by atoms with van der Waals surface area (Å²) >= 11 is 5.88. The van der Waals surface area contributed by atoms with Crippen LogP contribution in [-0.4, -0.2) is 54.5 Å². The minimum absolute atomic E-state index is 0.110. The van der Waals surface area contributed by atoms with Gasteiger partial charge in [0.05, 0.1) is 0 Å². The van der Waals surface area contributed by atoms with Crippen molar-refractivity contribution in [2.24, 2.45) is 0 Å². The monoisotopic (exact) mass is 364 g/mol. The molecule has 0 radical (unpaired) electrons. The van der Waals surface area contributed by atoms with Crippen molar-refractivity contribution in [3.8, 4) is 5.75 Å². The summed E-state index contributed by atoms with van der Waals surface area (Å²) in [6.07, 6.45) is 8.56. The molecule has 2 saturated heterocycles. The highest BCUT2D eigenvalue weighted by Crippen LogP contribution is 2.22. The lowest BCUT2D eigenvalue weighted by Crippen LogP contribution is -2.47. The Morgan fingerprint density at radius 2 is 1.76 bits per heavy atom. The van der Waals surface area contributed by atoms with Crippen LogP contribution in [0.15, 0.2) is 24.3 Å². The molecule has 1 aromatic rings. The lowest BCUT2D eigenvalue weighted by atomic mass is 9.98. The van der Waals surface area contributed by atoms with Crippen molar-refractivity contribution in [1.82, 2.24) is 9.80 Å². The average Bonchev–Trinajstić information content (AvgIpc) is 2.67. The lowest BCUT2D eigenvalue weighted by Gasteiger charge is -2.37. The molecule has 0 aliphatic carbocycles. The second-order valence-corrected chi connectivity index (χ2v) is 7.61. The summed E-state index contributed by atoms with van der Waals surface area (Å²) in [6, 6.07) is 7.55. The number of hydrogen-bond donors (Lipinski definition) is 0. The zero-order valence-electron chi connectivity index (χ0n) is 15.0. The van der Waals surface area contributed by atoms with Crippen LogP contribution < -0.4 is 4.74 Å². The van der Waals surface area contributed by atoms with Crippen LogP contribution in [0.3, 0.4) is 0 Å². The molecule has 1 amide bonds. The van der Waals surface area contributed by atoms with Gasteiger partial charge in [0.15, 0.2) is 6.61 Å². The molecule has 2 fully saturated rings. The van der Waals surface area contributed by atoms with Crippen LogP contribution in [0.5, 0.6) is 5.75 Å². The highest BCUT2D eigenvalue weighted by molar-refractivity contribution is 6.30. The Balaban J connectivity index is 1.48. The third-order valence-electron chi connectivity index (χ3n) is 5.35. The van der Waals surface area contributed by atoms with E-state index in [9.17, 15) is 4.79 Å². The Morgan fingerprint density at radius 1 is 1.04 bits per heavy atom. The Morgan fingerprint density at radius 3 is 2.52 bits per heavy atom. The molecule has 4 nitrogen and oxygen atoms in total. The number of carbonyl (C=O) groups is 1. The number of piperidine rings is 2. The lowest BCUT2D eigenvalue weighted by molar-refractivity contribution is -0.137. The van der Waals surface area contributed by atoms with E-state index in [1.807, 2.05) is 0 Å². The van der Waals surface area contributed by atoms with Crippen molar-refractivity contribution < 1.29 is 9.53 Å². The quantitative estimate of drug-likeness (QED) is 0.765. The summed E-state index contributed by atoms with van der Waals surface area (Å²) in [5.41, 5.74) is 0. The Labute approximate surface area is 156 Å². The van der Waals surface area contributed by atoms with Crippen molar-refractivity contribution in [1.29, 1.82) is 0 Å². The highest BCUT2D eigenvalue weighted by Gasteiger charge is 2.27. The molecule has 2 aliphatic heterocycles. The van der Waals surface area contributed by atoms with Crippen LogP contribution in [0, 0.1) is 0 Å². The van der Waals surface area contributed by atoms with Gasteiger partial charge < -0.3 is 14.5 Å². The summed E-state index contributed by atoms with van der Waals surface area (Å²) in [7, 11) is 0. The molecular weight excluding hydrogens is 336 g/mol. The maximum atomic E-state index is 12.7. The highest BCUT2D eigenvalue weighted by atomic mass is 35.5. The largest absolute Gasteiger partial charge is 0.484 e. The number of benzene rings is 1. The van der Waals surface area contributed by atoms with E-state index in [-0.39, 0.29) is 12.5 Å². The number of hydrogen-bond acceptors (Lipinski definition) is 3. The van der Waals surface area contributed by atoms with E-state index < -0.39 is 0 Å². The maximum absolute atomic E-state index is 12.7. The minimum Gasteiger partial charge on any atom is -0.484 e. The van der Waals surface area contributed by atoms with Gasteiger partial charge in [0, 0.05) is 24.2 Å². The predicted molar refractivity (Wildman–Crippen MR) is 101 cm³/mol. The molecule has 138 valence electrons. The summed E-state index contributed by atoms with van der Waals surface area (Å²) in [4.78, 5) is 17.3. The second-order valence-electron chi connectivity index (χ2n) is 7.17. The molecule has 0 N–H and O–H groups in total. The number of amides is 1. The van der Waals surface area contributed by atoms with Crippen molar-refractivity contribution in [3.05, 3.63) is 29.3 Å². The van der Waals surface area contributed by atoms with E-state index in [0.29, 0.717) is 16.8 Å². The van der Waals surface area contributed by atoms with Crippen LogP contribution in [-0.2, 0) is 4.79 Å². The van der Waals surface area contributed by atoms with Gasteiger partial charge in [-0.1, -0.05) is 18.0 Å². The molecule has 0 saturated carbocycles. The number of ether oxygens (including phenoxy) is 1. The van der Waals surface area contributed by atoms with Gasteiger partial charge in [-0.15, -0.1) is 0 Å². The first kappa shape index (κ1) is 18.5. The van der Waals surface area contributed by atoms with Gasteiger partial charge in [-0.05, 0) is 75.9 Å². The van der Waals surface area contributed by atoms with Gasteiger partial charge in [-0.2, -0.15) is 0 Å². The fourth-order valence-corrected chi connectivity index (χ4v) is 4.03. The molecule has 1 atom stereocenters. The van der Waals surface area contributed by atoms with Gasteiger partial charge in [0.25, 0.3) is 5.91 Å². The first-order valence-corrected chi connectivity index (χ1v) is 10.0. The Bertz CT molecular complexity index is 543. The molecular formula is C20H29ClN2O2. The molecule has 1 aromatic carbocycles. The molecule has 3 rings (SSSR count). The molecule has 25 heavy (non-hydrogen) atoms. The standard InChI is InChI=1S/C20H29ClN2O2/c21-17-7-9-19(10-8-17)25-16-20(24)23-14-5-2-6-18(23)11-15-22-12-3-1-4-13-22/h7-10,18H,1-6,11-16H2. The molecule has 5 heteroatoms. The molecule has 1 unspecified atom stereocenters.